The van der Waals surface area contributed by atoms with Gasteiger partial charge in [0.25, 0.3) is 5.91 Å². The van der Waals surface area contributed by atoms with E-state index >= 15 is 0 Å². The third kappa shape index (κ3) is 2.23. The fourth-order valence-corrected chi connectivity index (χ4v) is 2.72. The molecule has 23 heavy (non-hydrogen) atoms. The van der Waals surface area contributed by atoms with Crippen molar-refractivity contribution in [3.05, 3.63) is 47.7 Å². The SMILES string of the molecule is COc1ccccc1C(=O)n1nc(N)c2ccc(C3CC3)nc21. The van der Waals surface area contributed by atoms with E-state index in [0.717, 1.165) is 18.5 Å². The maximum absolute atomic E-state index is 12.9. The molecule has 0 unspecified atom stereocenters. The van der Waals surface area contributed by atoms with E-state index in [1.54, 1.807) is 18.2 Å². The average molecular weight is 308 g/mol. The van der Waals surface area contributed by atoms with Crippen molar-refractivity contribution in [3.63, 3.8) is 0 Å². The quantitative estimate of drug-likeness (QED) is 0.804. The molecule has 6 heteroatoms. The van der Waals surface area contributed by atoms with Gasteiger partial charge in [-0.15, -0.1) is 5.10 Å². The van der Waals surface area contributed by atoms with E-state index in [0.29, 0.717) is 34.1 Å². The molecule has 3 aromatic rings. The molecule has 0 aliphatic heterocycles. The Balaban J connectivity index is 1.87. The fourth-order valence-electron chi connectivity index (χ4n) is 2.72. The second-order valence-electron chi connectivity index (χ2n) is 5.68. The number of carbonyl (C=O) groups is 1. The molecule has 0 spiro atoms. The Hall–Kier alpha value is -2.89. The van der Waals surface area contributed by atoms with Gasteiger partial charge in [0.15, 0.2) is 11.5 Å². The van der Waals surface area contributed by atoms with Crippen molar-refractivity contribution in [3.8, 4) is 5.75 Å². The van der Waals surface area contributed by atoms with Gasteiger partial charge in [0, 0.05) is 11.6 Å². The van der Waals surface area contributed by atoms with Crippen LogP contribution < -0.4 is 10.5 Å². The van der Waals surface area contributed by atoms with Crippen LogP contribution in [0.3, 0.4) is 0 Å². The lowest BCUT2D eigenvalue weighted by atomic mass is 10.2. The molecule has 1 aliphatic rings. The second-order valence-corrected chi connectivity index (χ2v) is 5.68. The number of hydrogen-bond donors (Lipinski definition) is 1. The summed E-state index contributed by atoms with van der Waals surface area (Å²) in [5, 5.41) is 4.88. The van der Waals surface area contributed by atoms with Crippen LogP contribution in [0.15, 0.2) is 36.4 Å². The van der Waals surface area contributed by atoms with Crippen LogP contribution in [-0.4, -0.2) is 27.8 Å². The number of nitrogen functional groups attached to an aromatic ring is 1. The maximum Gasteiger partial charge on any atom is 0.283 e. The molecule has 4 rings (SSSR count). The number of nitrogens with zero attached hydrogens (tertiary/aromatic N) is 3. The number of aromatic nitrogens is 3. The predicted molar refractivity (Wildman–Crippen MR) is 86.6 cm³/mol. The highest BCUT2D eigenvalue weighted by Crippen LogP contribution is 2.39. The summed E-state index contributed by atoms with van der Waals surface area (Å²) in [5.41, 5.74) is 7.87. The topological polar surface area (TPSA) is 83.0 Å². The van der Waals surface area contributed by atoms with Crippen LogP contribution in [0.5, 0.6) is 5.75 Å². The Morgan fingerprint density at radius 2 is 2.04 bits per heavy atom. The van der Waals surface area contributed by atoms with Gasteiger partial charge in [-0.1, -0.05) is 12.1 Å². The first-order chi connectivity index (χ1) is 11.2. The molecule has 0 radical (unpaired) electrons. The number of hydrogen-bond acceptors (Lipinski definition) is 5. The van der Waals surface area contributed by atoms with Crippen LogP contribution in [0.25, 0.3) is 11.0 Å². The predicted octanol–water partition coefficient (Wildman–Crippen LogP) is 2.59. The highest BCUT2D eigenvalue weighted by atomic mass is 16.5. The number of benzene rings is 1. The molecule has 0 amide bonds. The van der Waals surface area contributed by atoms with Gasteiger partial charge in [-0.2, -0.15) is 4.68 Å². The number of carbonyl (C=O) groups excluding carboxylic acids is 1. The van der Waals surface area contributed by atoms with E-state index < -0.39 is 0 Å². The minimum atomic E-state index is -0.301. The molecule has 0 saturated heterocycles. The second kappa shape index (κ2) is 5.08. The number of ether oxygens (including phenoxy) is 1. The summed E-state index contributed by atoms with van der Waals surface area (Å²) < 4.78 is 6.54. The number of methoxy groups -OCH3 is 1. The standard InChI is InChI=1S/C17H16N4O2/c1-23-14-5-3-2-4-11(14)17(22)21-16-12(15(18)20-21)8-9-13(19-16)10-6-7-10/h2-5,8-10H,6-7H2,1H3,(H2,18,20). The lowest BCUT2D eigenvalue weighted by Crippen LogP contribution is -2.15. The van der Waals surface area contributed by atoms with Gasteiger partial charge in [0.1, 0.15) is 5.75 Å². The van der Waals surface area contributed by atoms with Crippen molar-refractivity contribution in [2.24, 2.45) is 0 Å². The smallest absolute Gasteiger partial charge is 0.283 e. The zero-order valence-electron chi connectivity index (χ0n) is 12.7. The Kier molecular flexibility index (Phi) is 3.04. The summed E-state index contributed by atoms with van der Waals surface area (Å²) in [6, 6.07) is 10.9. The van der Waals surface area contributed by atoms with Gasteiger partial charge in [-0.05, 0) is 37.1 Å². The highest BCUT2D eigenvalue weighted by molar-refractivity contribution is 6.03. The normalized spacial score (nSPS) is 14.1. The van der Waals surface area contributed by atoms with Gasteiger partial charge in [-0.25, -0.2) is 4.98 Å². The Morgan fingerprint density at radius 3 is 2.78 bits per heavy atom. The summed E-state index contributed by atoms with van der Waals surface area (Å²) >= 11 is 0. The van der Waals surface area contributed by atoms with Crippen LogP contribution >= 0.6 is 0 Å². The molecule has 2 heterocycles. The first-order valence-electron chi connectivity index (χ1n) is 7.52. The van der Waals surface area contributed by atoms with Crippen LogP contribution in [0.4, 0.5) is 5.82 Å². The van der Waals surface area contributed by atoms with Crippen molar-refractivity contribution in [2.45, 2.75) is 18.8 Å². The molecule has 6 nitrogen and oxygen atoms in total. The van der Waals surface area contributed by atoms with E-state index in [4.69, 9.17) is 10.5 Å². The number of nitrogens with two attached hydrogens (primary N) is 1. The van der Waals surface area contributed by atoms with Gasteiger partial charge < -0.3 is 10.5 Å². The minimum Gasteiger partial charge on any atom is -0.496 e. The van der Waals surface area contributed by atoms with Gasteiger partial charge in [-0.3, -0.25) is 4.79 Å². The van der Waals surface area contributed by atoms with Crippen molar-refractivity contribution in [2.75, 3.05) is 12.8 Å². The van der Waals surface area contributed by atoms with Crippen LogP contribution in [-0.2, 0) is 0 Å². The minimum absolute atomic E-state index is 0.301. The average Bonchev–Trinajstić information content (AvgIpc) is 3.39. The van der Waals surface area contributed by atoms with E-state index in [1.807, 2.05) is 18.2 Å². The van der Waals surface area contributed by atoms with Crippen LogP contribution in [0.2, 0.25) is 0 Å². The van der Waals surface area contributed by atoms with Crippen molar-refractivity contribution >= 4 is 22.8 Å². The highest BCUT2D eigenvalue weighted by Gasteiger charge is 2.27. The first-order valence-corrected chi connectivity index (χ1v) is 7.52. The first kappa shape index (κ1) is 13.8. The molecule has 2 aromatic heterocycles. The maximum atomic E-state index is 12.9. The molecule has 2 N–H and O–H groups in total. The Labute approximate surface area is 132 Å². The fraction of sp³-hybridized carbons (Fsp3) is 0.235. The van der Waals surface area contributed by atoms with Crippen molar-refractivity contribution < 1.29 is 9.53 Å². The summed E-state index contributed by atoms with van der Waals surface area (Å²) in [5.74, 6) is 0.992. The number of pyridine rings is 1. The van der Waals surface area contributed by atoms with E-state index in [1.165, 1.54) is 11.8 Å². The number of rotatable bonds is 3. The molecule has 116 valence electrons. The molecular weight excluding hydrogens is 292 g/mol. The summed E-state index contributed by atoms with van der Waals surface area (Å²) in [6.07, 6.45) is 2.28. The molecular formula is C17H16N4O2. The number of para-hydroxylation sites is 1. The van der Waals surface area contributed by atoms with Crippen molar-refractivity contribution in [1.82, 2.24) is 14.8 Å². The van der Waals surface area contributed by atoms with Crippen molar-refractivity contribution in [1.29, 1.82) is 0 Å². The Morgan fingerprint density at radius 1 is 1.26 bits per heavy atom. The van der Waals surface area contributed by atoms with E-state index in [-0.39, 0.29) is 5.91 Å². The third-order valence-electron chi connectivity index (χ3n) is 4.11. The van der Waals surface area contributed by atoms with E-state index in [2.05, 4.69) is 10.1 Å². The van der Waals surface area contributed by atoms with Gasteiger partial charge in [0.2, 0.25) is 0 Å². The monoisotopic (exact) mass is 308 g/mol. The lowest BCUT2D eigenvalue weighted by molar-refractivity contribution is 0.0947. The van der Waals surface area contributed by atoms with Gasteiger partial charge in [0.05, 0.1) is 18.1 Å². The summed E-state index contributed by atoms with van der Waals surface area (Å²) in [6.45, 7) is 0. The molecule has 1 aromatic carbocycles. The zero-order valence-corrected chi connectivity index (χ0v) is 12.7. The molecule has 1 fully saturated rings. The number of fused-ring (bicyclic) bond motifs is 1. The third-order valence-corrected chi connectivity index (χ3v) is 4.11. The molecule has 0 atom stereocenters. The molecule has 1 aliphatic carbocycles. The summed E-state index contributed by atoms with van der Waals surface area (Å²) in [4.78, 5) is 17.5. The van der Waals surface area contributed by atoms with Crippen LogP contribution in [0, 0.1) is 0 Å². The molecule has 1 saturated carbocycles. The largest absolute Gasteiger partial charge is 0.496 e. The van der Waals surface area contributed by atoms with Gasteiger partial charge >= 0.3 is 0 Å². The number of anilines is 1. The lowest BCUT2D eigenvalue weighted by Gasteiger charge is -2.07. The van der Waals surface area contributed by atoms with Crippen LogP contribution in [0.1, 0.15) is 34.8 Å². The molecule has 0 bridgehead atoms. The van der Waals surface area contributed by atoms with E-state index in [9.17, 15) is 4.79 Å². The summed E-state index contributed by atoms with van der Waals surface area (Å²) in [7, 11) is 1.53. The zero-order chi connectivity index (χ0) is 16.0. The Bertz CT molecular complexity index is 912.